The predicted molar refractivity (Wildman–Crippen MR) is 107 cm³/mol. The summed E-state index contributed by atoms with van der Waals surface area (Å²) in [6.07, 6.45) is 9.59. The number of alkyl halides is 1. The Bertz CT molecular complexity index is 1260. The molecule has 5 rings (SSSR count). The van der Waals surface area contributed by atoms with E-state index >= 15 is 0 Å². The molecule has 0 saturated heterocycles. The fourth-order valence-electron chi connectivity index (χ4n) is 3.83. The second kappa shape index (κ2) is 6.52. The monoisotopic (exact) mass is 386 g/mol. The lowest BCUT2D eigenvalue weighted by Crippen LogP contribution is -2.36. The number of hydrogen-bond donors (Lipinski definition) is 0. The van der Waals surface area contributed by atoms with Crippen molar-refractivity contribution in [2.75, 3.05) is 0 Å². The van der Waals surface area contributed by atoms with Gasteiger partial charge in [0.05, 0.1) is 24.1 Å². The van der Waals surface area contributed by atoms with E-state index in [-0.39, 0.29) is 6.54 Å². The number of aryl methyl sites for hydroxylation is 1. The summed E-state index contributed by atoms with van der Waals surface area (Å²) in [5, 5.41) is 13.7. The number of fused-ring (bicyclic) bond motifs is 1. The molecule has 6 nitrogen and oxygen atoms in total. The van der Waals surface area contributed by atoms with Crippen LogP contribution in [0.2, 0.25) is 0 Å². The number of imidazole rings is 1. The van der Waals surface area contributed by atoms with Crippen LogP contribution in [0.25, 0.3) is 28.0 Å². The lowest BCUT2D eigenvalue weighted by Gasteiger charge is -2.33. The van der Waals surface area contributed by atoms with Crippen molar-refractivity contribution in [3.63, 3.8) is 0 Å². The van der Waals surface area contributed by atoms with Crippen LogP contribution in [-0.4, -0.2) is 29.8 Å². The van der Waals surface area contributed by atoms with E-state index in [9.17, 15) is 9.65 Å². The molecule has 1 aliphatic rings. The number of pyridine rings is 2. The largest absolute Gasteiger partial charge is 0.307 e. The van der Waals surface area contributed by atoms with Gasteiger partial charge < -0.3 is 4.40 Å². The summed E-state index contributed by atoms with van der Waals surface area (Å²) in [5.41, 5.74) is 4.19. The number of nitriles is 1. The summed E-state index contributed by atoms with van der Waals surface area (Å²) < 4.78 is 18.1. The van der Waals surface area contributed by atoms with E-state index in [2.05, 4.69) is 21.1 Å². The molecule has 0 atom stereocenters. The number of nitrogens with zero attached hydrogens (tertiary/aromatic N) is 6. The highest BCUT2D eigenvalue weighted by atomic mass is 19.1. The molecule has 1 saturated carbocycles. The maximum absolute atomic E-state index is 14.5. The Labute approximate surface area is 167 Å². The highest BCUT2D eigenvalue weighted by Gasteiger charge is 2.37. The van der Waals surface area contributed by atoms with Gasteiger partial charge in [-0.1, -0.05) is 0 Å². The van der Waals surface area contributed by atoms with Crippen LogP contribution < -0.4 is 0 Å². The van der Waals surface area contributed by atoms with Crippen molar-refractivity contribution in [1.29, 1.82) is 5.26 Å². The van der Waals surface area contributed by atoms with Crippen LogP contribution in [0.5, 0.6) is 0 Å². The highest BCUT2D eigenvalue weighted by Crippen LogP contribution is 2.37. The molecule has 0 aliphatic heterocycles. The van der Waals surface area contributed by atoms with E-state index in [0.717, 1.165) is 34.5 Å². The second-order valence-electron chi connectivity index (χ2n) is 7.70. The Kier molecular flexibility index (Phi) is 3.95. The summed E-state index contributed by atoms with van der Waals surface area (Å²) in [4.78, 5) is 9.07. The van der Waals surface area contributed by atoms with E-state index in [1.807, 2.05) is 48.1 Å². The molecule has 7 heteroatoms. The minimum atomic E-state index is -1.14. The van der Waals surface area contributed by atoms with Crippen molar-refractivity contribution in [2.45, 2.75) is 38.4 Å². The standard InChI is InChI=1S/C22H19FN6/c1-15-12-28-8-5-16(9-20(28)26-15)21-19(4-3-18(10-24)27-21)17-11-25-29(13-17)14-22(23)6-2-7-22/h3-5,8-9,11-13H,2,6-7,14H2,1H3. The van der Waals surface area contributed by atoms with Gasteiger partial charge in [-0.05, 0) is 50.5 Å². The average Bonchev–Trinajstić information content (AvgIpc) is 3.31. The zero-order valence-electron chi connectivity index (χ0n) is 16.0. The van der Waals surface area contributed by atoms with Gasteiger partial charge in [0.2, 0.25) is 0 Å². The van der Waals surface area contributed by atoms with E-state index in [1.54, 1.807) is 16.9 Å². The van der Waals surface area contributed by atoms with Crippen molar-refractivity contribution in [1.82, 2.24) is 24.1 Å². The smallest absolute Gasteiger partial charge is 0.141 e. The molecule has 0 bridgehead atoms. The molecule has 144 valence electrons. The zero-order chi connectivity index (χ0) is 20.0. The molecule has 4 aromatic heterocycles. The quantitative estimate of drug-likeness (QED) is 0.523. The van der Waals surface area contributed by atoms with Crippen LogP contribution >= 0.6 is 0 Å². The minimum Gasteiger partial charge on any atom is -0.307 e. The predicted octanol–water partition coefficient (Wildman–Crippen LogP) is 4.33. The Hall–Kier alpha value is -3.53. The molecule has 29 heavy (non-hydrogen) atoms. The Balaban J connectivity index is 1.58. The molecule has 1 aliphatic carbocycles. The number of aromatic nitrogens is 5. The van der Waals surface area contributed by atoms with Crippen LogP contribution in [-0.2, 0) is 6.54 Å². The van der Waals surface area contributed by atoms with E-state index < -0.39 is 5.67 Å². The molecule has 4 aromatic rings. The first-order valence-corrected chi connectivity index (χ1v) is 9.62. The van der Waals surface area contributed by atoms with Crippen molar-refractivity contribution in [2.24, 2.45) is 0 Å². The fourth-order valence-corrected chi connectivity index (χ4v) is 3.83. The average molecular weight is 386 g/mol. The van der Waals surface area contributed by atoms with Gasteiger partial charge in [-0.2, -0.15) is 10.4 Å². The van der Waals surface area contributed by atoms with Crippen LogP contribution in [0.4, 0.5) is 4.39 Å². The van der Waals surface area contributed by atoms with Crippen LogP contribution in [0.3, 0.4) is 0 Å². The number of hydrogen-bond acceptors (Lipinski definition) is 4. The van der Waals surface area contributed by atoms with Crippen LogP contribution in [0, 0.1) is 18.3 Å². The first-order valence-electron chi connectivity index (χ1n) is 9.62. The maximum atomic E-state index is 14.5. The van der Waals surface area contributed by atoms with Crippen LogP contribution in [0.15, 0.2) is 49.1 Å². The molecule has 0 N–H and O–H groups in total. The van der Waals surface area contributed by atoms with Gasteiger partial charge in [-0.25, -0.2) is 14.4 Å². The molecular weight excluding hydrogens is 367 g/mol. The van der Waals surface area contributed by atoms with Crippen molar-refractivity contribution >= 4 is 5.65 Å². The number of halogens is 1. The summed E-state index contributed by atoms with van der Waals surface area (Å²) >= 11 is 0. The normalized spacial score (nSPS) is 15.2. The minimum absolute atomic E-state index is 0.269. The molecule has 1 fully saturated rings. The zero-order valence-corrected chi connectivity index (χ0v) is 16.0. The Morgan fingerprint density at radius 2 is 2.03 bits per heavy atom. The van der Waals surface area contributed by atoms with Crippen molar-refractivity contribution in [3.05, 3.63) is 60.4 Å². The molecule has 0 radical (unpaired) electrons. The molecule has 0 spiro atoms. The summed E-state index contributed by atoms with van der Waals surface area (Å²) in [7, 11) is 0. The molecule has 0 amide bonds. The van der Waals surface area contributed by atoms with E-state index in [0.29, 0.717) is 24.2 Å². The van der Waals surface area contributed by atoms with E-state index in [1.165, 1.54) is 0 Å². The Morgan fingerprint density at radius 1 is 1.17 bits per heavy atom. The third-order valence-corrected chi connectivity index (χ3v) is 5.50. The topological polar surface area (TPSA) is 71.8 Å². The molecule has 4 heterocycles. The highest BCUT2D eigenvalue weighted by molar-refractivity contribution is 5.81. The maximum Gasteiger partial charge on any atom is 0.141 e. The first kappa shape index (κ1) is 17.6. The fraction of sp³-hybridized carbons (Fsp3) is 0.273. The summed E-state index contributed by atoms with van der Waals surface area (Å²) in [6, 6.07) is 9.58. The van der Waals surface area contributed by atoms with Gasteiger partial charge >= 0.3 is 0 Å². The van der Waals surface area contributed by atoms with E-state index in [4.69, 9.17) is 0 Å². The number of rotatable bonds is 4. The third kappa shape index (κ3) is 3.17. The lowest BCUT2D eigenvalue weighted by atomic mass is 9.82. The third-order valence-electron chi connectivity index (χ3n) is 5.50. The Morgan fingerprint density at radius 3 is 2.79 bits per heavy atom. The van der Waals surface area contributed by atoms with Crippen LogP contribution in [0.1, 0.15) is 30.7 Å². The molecule has 0 unspecified atom stereocenters. The van der Waals surface area contributed by atoms with Crippen molar-refractivity contribution in [3.8, 4) is 28.5 Å². The SMILES string of the molecule is Cc1cn2ccc(-c3nc(C#N)ccc3-c3cnn(CC4(F)CCC4)c3)cc2n1. The molecular formula is C22H19FN6. The van der Waals surface area contributed by atoms with Gasteiger partial charge in [0.25, 0.3) is 0 Å². The van der Waals surface area contributed by atoms with Gasteiger partial charge in [0, 0.05) is 35.3 Å². The van der Waals surface area contributed by atoms with Gasteiger partial charge in [0.15, 0.2) is 0 Å². The molecule has 0 aromatic carbocycles. The summed E-state index contributed by atoms with van der Waals surface area (Å²) in [5.74, 6) is 0. The van der Waals surface area contributed by atoms with Crippen molar-refractivity contribution < 1.29 is 4.39 Å². The van der Waals surface area contributed by atoms with Gasteiger partial charge in [0.1, 0.15) is 23.1 Å². The van der Waals surface area contributed by atoms with Gasteiger partial charge in [-0.3, -0.25) is 4.68 Å². The second-order valence-corrected chi connectivity index (χ2v) is 7.70. The first-order chi connectivity index (χ1) is 14.0. The lowest BCUT2D eigenvalue weighted by molar-refractivity contribution is 0.0405. The van der Waals surface area contributed by atoms with Gasteiger partial charge in [-0.15, -0.1) is 0 Å². The summed E-state index contributed by atoms with van der Waals surface area (Å²) in [6.45, 7) is 2.21.